The topological polar surface area (TPSA) is 15.7 Å². The molecule has 1 heterocycles. The molecule has 3 aromatic rings. The Morgan fingerprint density at radius 2 is 1.17 bits per heavy atom. The van der Waals surface area contributed by atoms with Gasteiger partial charge in [0.2, 0.25) is 6.67 Å². The van der Waals surface area contributed by atoms with E-state index in [1.807, 2.05) is 54.9 Å². The molecule has 3 aromatic carbocycles. The minimum absolute atomic E-state index is 0.0653. The van der Waals surface area contributed by atoms with Gasteiger partial charge in [0.05, 0.1) is 11.1 Å². The second-order valence-electron chi connectivity index (χ2n) is 9.57. The minimum Gasteiger partial charge on any atom is -0.334 e. The van der Waals surface area contributed by atoms with Crippen molar-refractivity contribution in [3.8, 4) is 5.75 Å². The fourth-order valence-electron chi connectivity index (χ4n) is 3.82. The number of nitrogens with zero attached hydrogens (tertiary/aromatic N) is 2. The molecule has 0 aliphatic carbocycles. The molecule has 6 heteroatoms. The van der Waals surface area contributed by atoms with Crippen molar-refractivity contribution in [1.82, 2.24) is 0 Å². The molecule has 2 radical (unpaired) electrons. The molecule has 1 saturated heterocycles. The van der Waals surface area contributed by atoms with E-state index in [4.69, 9.17) is 24.1 Å². The van der Waals surface area contributed by atoms with E-state index in [9.17, 15) is 0 Å². The summed E-state index contributed by atoms with van der Waals surface area (Å²) in [6.07, 6.45) is 0.163. The van der Waals surface area contributed by atoms with Gasteiger partial charge in [-0.2, -0.15) is 0 Å². The van der Waals surface area contributed by atoms with E-state index in [1.54, 1.807) is 0 Å². The normalized spacial score (nSPS) is 16.4. The molecule has 1 aliphatic rings. The molecule has 3 nitrogen and oxygen atoms in total. The second kappa shape index (κ2) is 11.9. The van der Waals surface area contributed by atoms with Crippen molar-refractivity contribution in [3.05, 3.63) is 97.2 Å². The number of hydrogen-bond donors (Lipinski definition) is 0. The monoisotopic (exact) mass is 598 g/mol. The van der Waals surface area contributed by atoms with Gasteiger partial charge >= 0.3 is 97.8 Å². The molecule has 0 amide bonds. The summed E-state index contributed by atoms with van der Waals surface area (Å²) in [6, 6.07) is 28.7. The fourth-order valence-corrected chi connectivity index (χ4v) is 5.63. The first-order valence-corrected chi connectivity index (χ1v) is 17.1. The first-order chi connectivity index (χ1) is 16.5. The number of rotatable bonds is 5. The van der Waals surface area contributed by atoms with Gasteiger partial charge in [-0.1, -0.05) is 36.4 Å². The van der Waals surface area contributed by atoms with Gasteiger partial charge in [0, 0.05) is 11.4 Å². The second-order valence-corrected chi connectivity index (χ2v) is 15.3. The van der Waals surface area contributed by atoms with Crippen molar-refractivity contribution in [3.63, 3.8) is 0 Å². The van der Waals surface area contributed by atoms with Gasteiger partial charge in [0.25, 0.3) is 0 Å². The standard InChI is InChI=1S/C19H22N2.C10H12O.2ClH.Ru/c1-18(2)19(3,4)21(17-13-9-6-10-14-17)15-20(18)16-11-7-5-8-12-16;1-8(2)11-10-7-5-4-6-9(10)3;;;/h5-14H,1-4H3;3-8H,1-2H3;2*1H;/q;;;;+2/p-2. The number of benzene rings is 3. The summed E-state index contributed by atoms with van der Waals surface area (Å²) < 4.78 is 7.51. The summed E-state index contributed by atoms with van der Waals surface area (Å²) in [5, 5.41) is 0. The van der Waals surface area contributed by atoms with E-state index < -0.39 is 13.5 Å². The molecule has 1 aliphatic heterocycles. The number of halogens is 2. The van der Waals surface area contributed by atoms with Crippen LogP contribution in [0.3, 0.4) is 0 Å². The van der Waals surface area contributed by atoms with Gasteiger partial charge in [-0.15, -0.1) is 0 Å². The quantitative estimate of drug-likeness (QED) is 0.276. The third kappa shape index (κ3) is 6.67. The molecule has 0 atom stereocenters. The predicted molar refractivity (Wildman–Crippen MR) is 148 cm³/mol. The molecular formula is C29H34Cl2N2ORu. The molecular weight excluding hydrogens is 564 g/mol. The minimum atomic E-state index is -1.77. The number of hydrogen-bond acceptors (Lipinski definition) is 3. The Hall–Kier alpha value is -1.87. The maximum absolute atomic E-state index is 5.82. The Morgan fingerprint density at radius 3 is 1.60 bits per heavy atom. The Morgan fingerprint density at radius 1 is 0.743 bits per heavy atom. The van der Waals surface area contributed by atoms with Crippen LogP contribution >= 0.6 is 19.4 Å². The summed E-state index contributed by atoms with van der Waals surface area (Å²) >= 11 is -1.77. The van der Waals surface area contributed by atoms with E-state index >= 15 is 0 Å². The van der Waals surface area contributed by atoms with Crippen LogP contribution in [0.15, 0.2) is 84.9 Å². The Labute approximate surface area is 224 Å². The molecule has 0 spiro atoms. The molecule has 35 heavy (non-hydrogen) atoms. The molecule has 0 unspecified atom stereocenters. The van der Waals surface area contributed by atoms with E-state index in [1.165, 1.54) is 11.4 Å². The average Bonchev–Trinajstić information content (AvgIpc) is 3.00. The molecule has 0 N–H and O–H groups in total. The van der Waals surface area contributed by atoms with Crippen molar-refractivity contribution < 1.29 is 18.3 Å². The molecule has 0 aromatic heterocycles. The number of para-hydroxylation sites is 3. The summed E-state index contributed by atoms with van der Waals surface area (Å²) in [6.45, 7) is 16.7. The molecule has 188 valence electrons. The zero-order valence-electron chi connectivity index (χ0n) is 21.1. The van der Waals surface area contributed by atoms with E-state index in [2.05, 4.69) is 92.7 Å². The predicted octanol–water partition coefficient (Wildman–Crippen LogP) is 8.12. The van der Waals surface area contributed by atoms with Gasteiger partial charge in [-0.05, 0) is 52.0 Å². The van der Waals surface area contributed by atoms with Crippen molar-refractivity contribution in [2.24, 2.45) is 0 Å². The summed E-state index contributed by atoms with van der Waals surface area (Å²) in [5.41, 5.74) is 3.21. The van der Waals surface area contributed by atoms with Gasteiger partial charge < -0.3 is 9.80 Å². The molecule has 4 rings (SSSR count). The van der Waals surface area contributed by atoms with Crippen LogP contribution in [0.25, 0.3) is 0 Å². The van der Waals surface area contributed by atoms with Crippen LogP contribution in [0.2, 0.25) is 0 Å². The summed E-state index contributed by atoms with van der Waals surface area (Å²) in [5.74, 6) is 0.850. The van der Waals surface area contributed by atoms with Crippen LogP contribution in [-0.2, 0) is 13.5 Å². The van der Waals surface area contributed by atoms with Crippen LogP contribution in [0.1, 0.15) is 47.1 Å². The Kier molecular flexibility index (Phi) is 9.43. The molecule has 0 bridgehead atoms. The van der Waals surface area contributed by atoms with Gasteiger partial charge in [-0.25, -0.2) is 0 Å². The van der Waals surface area contributed by atoms with Crippen LogP contribution in [0, 0.1) is 6.67 Å². The van der Waals surface area contributed by atoms with Crippen molar-refractivity contribution >= 4 is 35.4 Å². The Balaban J connectivity index is 0.000000214. The van der Waals surface area contributed by atoms with E-state index in [0.29, 0.717) is 0 Å². The van der Waals surface area contributed by atoms with E-state index in [0.717, 1.165) is 11.3 Å². The van der Waals surface area contributed by atoms with Crippen LogP contribution < -0.4 is 14.5 Å². The number of ether oxygens (including phenoxy) is 1. The van der Waals surface area contributed by atoms with Crippen LogP contribution in [0.4, 0.5) is 11.4 Å². The maximum Gasteiger partial charge on any atom is 0.209 e. The van der Waals surface area contributed by atoms with Gasteiger partial charge in [0.15, 0.2) is 0 Å². The van der Waals surface area contributed by atoms with Crippen molar-refractivity contribution in [2.45, 2.75) is 58.7 Å². The van der Waals surface area contributed by atoms with Gasteiger partial charge in [0.1, 0.15) is 0 Å². The van der Waals surface area contributed by atoms with Crippen molar-refractivity contribution in [2.75, 3.05) is 9.80 Å². The first-order valence-electron chi connectivity index (χ1n) is 11.6. The summed E-state index contributed by atoms with van der Waals surface area (Å²) in [7, 11) is 11.6. The SMILES string of the molecule is CC(C)Oc1ccccc1[CH]=[Ru]([Cl])[Cl].CC1(C)N(c2ccccc2)[C]N(c2ccccc2)C1(C)C. The third-order valence-corrected chi connectivity index (χ3v) is 8.15. The first kappa shape index (κ1) is 27.7. The number of anilines is 2. The fraction of sp³-hybridized carbons (Fsp3) is 0.310. The van der Waals surface area contributed by atoms with E-state index in [-0.39, 0.29) is 17.2 Å². The van der Waals surface area contributed by atoms with Crippen molar-refractivity contribution in [1.29, 1.82) is 0 Å². The average molecular weight is 599 g/mol. The zero-order chi connectivity index (χ0) is 25.6. The smallest absolute Gasteiger partial charge is 0.209 e. The maximum atomic E-state index is 5.82. The Bertz CT molecular complexity index is 1060. The largest absolute Gasteiger partial charge is 0.334 e. The van der Waals surface area contributed by atoms with Crippen LogP contribution in [0.5, 0.6) is 5.75 Å². The molecule has 1 fully saturated rings. The van der Waals surface area contributed by atoms with Gasteiger partial charge in [-0.3, -0.25) is 0 Å². The summed E-state index contributed by atoms with van der Waals surface area (Å²) in [4.78, 5) is 4.50. The molecule has 0 saturated carbocycles. The third-order valence-electron chi connectivity index (χ3n) is 6.31. The zero-order valence-corrected chi connectivity index (χ0v) is 24.4. The van der Waals surface area contributed by atoms with Crippen LogP contribution in [-0.4, -0.2) is 21.8 Å².